The summed E-state index contributed by atoms with van der Waals surface area (Å²) < 4.78 is 13.4. The predicted octanol–water partition coefficient (Wildman–Crippen LogP) is 3.58. The Kier molecular flexibility index (Phi) is 4.40. The number of halogens is 1. The van der Waals surface area contributed by atoms with Crippen LogP contribution in [-0.4, -0.2) is 13.6 Å². The summed E-state index contributed by atoms with van der Waals surface area (Å²) in [5.41, 5.74) is 10.3. The number of hydrogen-bond acceptors (Lipinski definition) is 2. The zero-order valence-electron chi connectivity index (χ0n) is 12.2. The molecule has 0 spiro atoms. The Balaban J connectivity index is 2.35. The van der Waals surface area contributed by atoms with E-state index >= 15 is 0 Å². The van der Waals surface area contributed by atoms with Crippen LogP contribution >= 0.6 is 0 Å². The van der Waals surface area contributed by atoms with Gasteiger partial charge in [0.1, 0.15) is 5.82 Å². The van der Waals surface area contributed by atoms with Crippen molar-refractivity contribution in [2.24, 2.45) is 5.73 Å². The zero-order valence-corrected chi connectivity index (χ0v) is 12.2. The van der Waals surface area contributed by atoms with Gasteiger partial charge in [0.05, 0.1) is 6.04 Å². The molecule has 0 aromatic heterocycles. The van der Waals surface area contributed by atoms with Crippen LogP contribution in [0.3, 0.4) is 0 Å². The summed E-state index contributed by atoms with van der Waals surface area (Å²) in [5, 5.41) is 0. The van der Waals surface area contributed by atoms with E-state index in [9.17, 15) is 4.39 Å². The van der Waals surface area contributed by atoms with Crippen LogP contribution in [0.1, 0.15) is 22.7 Å². The van der Waals surface area contributed by atoms with E-state index in [-0.39, 0.29) is 11.9 Å². The number of anilines is 1. The lowest BCUT2D eigenvalue weighted by Crippen LogP contribution is -2.30. The summed E-state index contributed by atoms with van der Waals surface area (Å²) in [5.74, 6) is -0.227. The van der Waals surface area contributed by atoms with E-state index in [1.165, 1.54) is 17.2 Å². The first kappa shape index (κ1) is 14.5. The van der Waals surface area contributed by atoms with Crippen LogP contribution in [0, 0.1) is 19.7 Å². The fraction of sp³-hybridized carbons (Fsp3) is 0.294. The van der Waals surface area contributed by atoms with E-state index in [4.69, 9.17) is 5.73 Å². The highest BCUT2D eigenvalue weighted by Crippen LogP contribution is 2.27. The average molecular weight is 272 g/mol. The van der Waals surface area contributed by atoms with Gasteiger partial charge in [0.25, 0.3) is 0 Å². The summed E-state index contributed by atoms with van der Waals surface area (Å²) in [7, 11) is 2.00. The molecule has 2 nitrogen and oxygen atoms in total. The van der Waals surface area contributed by atoms with Gasteiger partial charge in [-0.05, 0) is 54.8 Å². The third kappa shape index (κ3) is 3.17. The van der Waals surface area contributed by atoms with Crippen molar-refractivity contribution >= 4 is 5.69 Å². The standard InChI is InChI=1S/C17H21FN2/c1-12-7-13(2)9-16(8-12)20(3)17(11-19)14-5-4-6-15(18)10-14/h4-10,17H,11,19H2,1-3H3. The minimum Gasteiger partial charge on any atom is -0.366 e. The van der Waals surface area contributed by atoms with Crippen molar-refractivity contribution in [3.05, 3.63) is 65.0 Å². The third-order valence-corrected chi connectivity index (χ3v) is 3.54. The van der Waals surface area contributed by atoms with Crippen LogP contribution in [0.5, 0.6) is 0 Å². The second-order valence-corrected chi connectivity index (χ2v) is 5.26. The zero-order chi connectivity index (χ0) is 14.7. The SMILES string of the molecule is Cc1cc(C)cc(N(C)C(CN)c2cccc(F)c2)c1. The molecular formula is C17H21FN2. The van der Waals surface area contributed by atoms with E-state index in [0.29, 0.717) is 6.54 Å². The summed E-state index contributed by atoms with van der Waals surface area (Å²) >= 11 is 0. The van der Waals surface area contributed by atoms with Crippen molar-refractivity contribution in [2.45, 2.75) is 19.9 Å². The van der Waals surface area contributed by atoms with E-state index in [2.05, 4.69) is 36.9 Å². The molecule has 2 N–H and O–H groups in total. The fourth-order valence-electron chi connectivity index (χ4n) is 2.57. The Morgan fingerprint density at radius 3 is 2.30 bits per heavy atom. The van der Waals surface area contributed by atoms with Gasteiger partial charge in [0.15, 0.2) is 0 Å². The summed E-state index contributed by atoms with van der Waals surface area (Å²) in [6.45, 7) is 4.58. The quantitative estimate of drug-likeness (QED) is 0.921. The van der Waals surface area contributed by atoms with Crippen molar-refractivity contribution in [3.8, 4) is 0 Å². The number of benzene rings is 2. The molecule has 1 unspecified atom stereocenters. The first-order chi connectivity index (χ1) is 9.51. The molecule has 0 aliphatic heterocycles. The number of hydrogen-bond donors (Lipinski definition) is 1. The van der Waals surface area contributed by atoms with Gasteiger partial charge in [0.2, 0.25) is 0 Å². The molecule has 2 aromatic carbocycles. The molecule has 0 heterocycles. The van der Waals surface area contributed by atoms with Gasteiger partial charge >= 0.3 is 0 Å². The molecule has 0 bridgehead atoms. The highest BCUT2D eigenvalue weighted by atomic mass is 19.1. The summed E-state index contributed by atoms with van der Waals surface area (Å²) in [6.07, 6.45) is 0. The maximum atomic E-state index is 13.4. The van der Waals surface area contributed by atoms with Gasteiger partial charge in [-0.2, -0.15) is 0 Å². The molecule has 0 saturated carbocycles. The Labute approximate surface area is 120 Å². The van der Waals surface area contributed by atoms with Gasteiger partial charge in [-0.3, -0.25) is 0 Å². The minimum atomic E-state index is -0.227. The lowest BCUT2D eigenvalue weighted by atomic mass is 10.0. The molecule has 3 heteroatoms. The Bertz CT molecular complexity index is 575. The average Bonchev–Trinajstić information content (AvgIpc) is 2.38. The van der Waals surface area contributed by atoms with E-state index in [0.717, 1.165) is 11.3 Å². The first-order valence-electron chi connectivity index (χ1n) is 6.78. The van der Waals surface area contributed by atoms with Crippen LogP contribution < -0.4 is 10.6 Å². The Morgan fingerprint density at radius 1 is 1.10 bits per heavy atom. The van der Waals surface area contributed by atoms with Crippen LogP contribution in [0.15, 0.2) is 42.5 Å². The molecule has 106 valence electrons. The molecule has 0 aliphatic carbocycles. The molecule has 20 heavy (non-hydrogen) atoms. The molecule has 0 radical (unpaired) electrons. The van der Waals surface area contributed by atoms with E-state index < -0.39 is 0 Å². The number of aryl methyl sites for hydroxylation is 2. The van der Waals surface area contributed by atoms with Crippen molar-refractivity contribution in [1.82, 2.24) is 0 Å². The molecule has 0 aliphatic rings. The molecule has 0 amide bonds. The van der Waals surface area contributed by atoms with Crippen LogP contribution in [0.4, 0.5) is 10.1 Å². The summed E-state index contributed by atoms with van der Waals surface area (Å²) in [6, 6.07) is 13.0. The number of rotatable bonds is 4. The maximum Gasteiger partial charge on any atom is 0.123 e. The third-order valence-electron chi connectivity index (χ3n) is 3.54. The lowest BCUT2D eigenvalue weighted by Gasteiger charge is -2.30. The van der Waals surface area contributed by atoms with Gasteiger partial charge in [-0.1, -0.05) is 18.2 Å². The van der Waals surface area contributed by atoms with Crippen molar-refractivity contribution in [1.29, 1.82) is 0 Å². The van der Waals surface area contributed by atoms with Crippen molar-refractivity contribution < 1.29 is 4.39 Å². The van der Waals surface area contributed by atoms with Gasteiger partial charge in [-0.25, -0.2) is 4.39 Å². The largest absolute Gasteiger partial charge is 0.366 e. The predicted molar refractivity (Wildman–Crippen MR) is 82.5 cm³/mol. The van der Waals surface area contributed by atoms with Gasteiger partial charge < -0.3 is 10.6 Å². The Hall–Kier alpha value is -1.87. The molecule has 2 aromatic rings. The molecule has 2 rings (SSSR count). The van der Waals surface area contributed by atoms with Gasteiger partial charge in [-0.15, -0.1) is 0 Å². The summed E-state index contributed by atoms with van der Waals surface area (Å²) in [4.78, 5) is 2.11. The number of nitrogens with two attached hydrogens (primary N) is 1. The van der Waals surface area contributed by atoms with Crippen molar-refractivity contribution in [3.63, 3.8) is 0 Å². The highest BCUT2D eigenvalue weighted by Gasteiger charge is 2.17. The second kappa shape index (κ2) is 6.06. The Morgan fingerprint density at radius 2 is 1.75 bits per heavy atom. The topological polar surface area (TPSA) is 29.3 Å². The molecule has 0 fully saturated rings. The van der Waals surface area contributed by atoms with Crippen molar-refractivity contribution in [2.75, 3.05) is 18.5 Å². The fourth-order valence-corrected chi connectivity index (χ4v) is 2.57. The maximum absolute atomic E-state index is 13.4. The number of likely N-dealkylation sites (N-methyl/N-ethyl adjacent to an activating group) is 1. The molecule has 1 atom stereocenters. The lowest BCUT2D eigenvalue weighted by molar-refractivity contribution is 0.615. The first-order valence-corrected chi connectivity index (χ1v) is 6.78. The van der Waals surface area contributed by atoms with Gasteiger partial charge in [0, 0.05) is 19.3 Å². The van der Waals surface area contributed by atoms with E-state index in [1.54, 1.807) is 12.1 Å². The minimum absolute atomic E-state index is 0.0353. The van der Waals surface area contributed by atoms with E-state index in [1.807, 2.05) is 13.1 Å². The van der Waals surface area contributed by atoms with Crippen LogP contribution in [-0.2, 0) is 0 Å². The molecular weight excluding hydrogens is 251 g/mol. The second-order valence-electron chi connectivity index (χ2n) is 5.26. The molecule has 0 saturated heterocycles. The van der Waals surface area contributed by atoms with Crippen LogP contribution in [0.2, 0.25) is 0 Å². The highest BCUT2D eigenvalue weighted by molar-refractivity contribution is 5.52. The number of nitrogens with zero attached hydrogens (tertiary/aromatic N) is 1. The van der Waals surface area contributed by atoms with Crippen LogP contribution in [0.25, 0.3) is 0 Å². The normalized spacial score (nSPS) is 12.2. The smallest absolute Gasteiger partial charge is 0.123 e. The monoisotopic (exact) mass is 272 g/mol.